The zero-order chi connectivity index (χ0) is 69.1. The van der Waals surface area contributed by atoms with Crippen LogP contribution in [0.3, 0.4) is 0 Å². The number of carbonyl (C=O) groups is 10. The number of carbonyl (C=O) groups excluding carboxylic acids is 10. The summed E-state index contributed by atoms with van der Waals surface area (Å²) in [7, 11) is 3.75. The van der Waals surface area contributed by atoms with E-state index in [4.69, 9.17) is 14.2 Å². The molecule has 2 aromatic rings. The van der Waals surface area contributed by atoms with Crippen molar-refractivity contribution in [1.82, 2.24) is 34.7 Å². The summed E-state index contributed by atoms with van der Waals surface area (Å²) >= 11 is 0. The van der Waals surface area contributed by atoms with Gasteiger partial charge in [-0.05, 0) is 165 Å². The average Bonchev–Trinajstić information content (AvgIpc) is 1.52. The van der Waals surface area contributed by atoms with Gasteiger partial charge in [-0.2, -0.15) is 0 Å². The molecule has 0 radical (unpaired) electrons. The summed E-state index contributed by atoms with van der Waals surface area (Å²) in [5.41, 5.74) is 5.98. The molecule has 0 aromatic heterocycles. The lowest BCUT2D eigenvalue weighted by atomic mass is 9.58. The quantitative estimate of drug-likeness (QED) is 0.0564. The van der Waals surface area contributed by atoms with Crippen LogP contribution in [0.4, 0.5) is 21.0 Å². The Morgan fingerprint density at radius 1 is 0.670 bits per heavy atom. The van der Waals surface area contributed by atoms with Gasteiger partial charge in [-0.3, -0.25) is 48.6 Å². The number of likely N-dealkylation sites (N-methyl/N-ethyl adjacent to an activating group) is 1. The van der Waals surface area contributed by atoms with Crippen molar-refractivity contribution in [3.05, 3.63) is 82.0 Å². The molecule has 97 heavy (non-hydrogen) atoms. The van der Waals surface area contributed by atoms with Gasteiger partial charge in [0.15, 0.2) is 5.78 Å². The number of imide groups is 2. The first kappa shape index (κ1) is 70.7. The first-order valence-corrected chi connectivity index (χ1v) is 36.2. The van der Waals surface area contributed by atoms with Gasteiger partial charge in [-0.25, -0.2) is 9.59 Å². The lowest BCUT2D eigenvalue weighted by Gasteiger charge is -2.46. The standard InChI is InChI=1S/C75H103N9O13/c1-73(2,3)96-71(93)80-40-42-82(63(87)24-21-39-78(7)50-28-25-48(26-29-50)55-45-75-56(33-35-61(75)95-75)53-31-27-49-44-51(85)30-32-52(49)64(53)55)60(47-80)69(91)83-43-41-81(72(94)97-74(4,5)6)46-59(83)68(90)79(8)38-19-17-15-13-11-9-10-12-14-16-18-37-76-57-23-20-22-54-65(57)70(92)84(67(54)89)58-34-36-62(86)77-66(58)88/h20,22-23,25-26,28-29,44,53,55-56,58-61,76H,9-19,21,24,27,30-43,45-47H2,1-8H3,(H,77,86,88)/t53-,55+,56?,58?,59?,60?,61-,75+/m0/s1. The number of allylic oxidation sites excluding steroid dienone is 4. The number of nitrogens with one attached hydrogen (secondary N) is 2. The van der Waals surface area contributed by atoms with Gasteiger partial charge < -0.3 is 48.9 Å². The highest BCUT2D eigenvalue weighted by molar-refractivity contribution is 6.25. The number of amides is 9. The molecule has 2 N–H and O–H groups in total. The van der Waals surface area contributed by atoms with Crippen molar-refractivity contribution in [2.24, 2.45) is 11.8 Å². The van der Waals surface area contributed by atoms with Crippen LogP contribution >= 0.6 is 0 Å². The lowest BCUT2D eigenvalue weighted by molar-refractivity contribution is -0.157. The van der Waals surface area contributed by atoms with Gasteiger partial charge in [-0.1, -0.05) is 81.6 Å². The second-order valence-electron chi connectivity index (χ2n) is 30.6. The summed E-state index contributed by atoms with van der Waals surface area (Å²) in [4.78, 5) is 146. The van der Waals surface area contributed by atoms with Crippen LogP contribution in [0.5, 0.6) is 0 Å². The Bertz CT molecular complexity index is 3420. The van der Waals surface area contributed by atoms with Crippen LogP contribution in [-0.4, -0.2) is 203 Å². The largest absolute Gasteiger partial charge is 0.444 e. The maximum Gasteiger partial charge on any atom is 0.410 e. The third kappa shape index (κ3) is 15.9. The number of hydrogen-bond acceptors (Lipinski definition) is 15. The molecule has 1 spiro atoms. The molecule has 5 heterocycles. The Morgan fingerprint density at radius 2 is 1.31 bits per heavy atom. The van der Waals surface area contributed by atoms with E-state index in [0.29, 0.717) is 56.1 Å². The number of rotatable bonds is 24. The minimum atomic E-state index is -1.11. The van der Waals surface area contributed by atoms with E-state index in [-0.39, 0.29) is 98.8 Å². The number of anilines is 2. The molecular formula is C75H103N9O13. The fourth-order valence-electron chi connectivity index (χ4n) is 16.7. The van der Waals surface area contributed by atoms with Gasteiger partial charge in [0.25, 0.3) is 11.8 Å². The van der Waals surface area contributed by atoms with Gasteiger partial charge in [0.1, 0.15) is 29.3 Å². The zero-order valence-corrected chi connectivity index (χ0v) is 58.5. The summed E-state index contributed by atoms with van der Waals surface area (Å²) < 4.78 is 18.1. The Labute approximate surface area is 571 Å². The van der Waals surface area contributed by atoms with Gasteiger partial charge in [0.05, 0.1) is 35.9 Å². The van der Waals surface area contributed by atoms with E-state index < -0.39 is 71.1 Å². The van der Waals surface area contributed by atoms with Crippen molar-refractivity contribution >= 4 is 70.7 Å². The Kier molecular flexibility index (Phi) is 21.7. The van der Waals surface area contributed by atoms with Crippen molar-refractivity contribution in [1.29, 1.82) is 0 Å². The number of hydrogen-bond donors (Lipinski definition) is 2. The second kappa shape index (κ2) is 29.8. The van der Waals surface area contributed by atoms with Crippen molar-refractivity contribution in [2.75, 3.05) is 83.2 Å². The van der Waals surface area contributed by atoms with Gasteiger partial charge in [0, 0.05) is 96.5 Å². The highest BCUT2D eigenvalue weighted by atomic mass is 16.6. The molecule has 22 nitrogen and oxygen atoms in total. The van der Waals surface area contributed by atoms with Crippen molar-refractivity contribution < 1.29 is 62.2 Å². The minimum absolute atomic E-state index is 0.0158. The number of piperazine rings is 2. The van der Waals surface area contributed by atoms with E-state index >= 15 is 4.79 Å². The normalized spacial score (nSPS) is 25.4. The van der Waals surface area contributed by atoms with Crippen LogP contribution in [0.1, 0.15) is 215 Å². The lowest BCUT2D eigenvalue weighted by Crippen LogP contribution is -2.68. The van der Waals surface area contributed by atoms with Crippen LogP contribution in [0.15, 0.2) is 65.3 Å². The monoisotopic (exact) mass is 1340 g/mol. The molecule has 526 valence electrons. The Balaban J connectivity index is 0.650. The fraction of sp³-hybridized carbons (Fsp3) is 0.653. The molecule has 4 unspecified atom stereocenters. The van der Waals surface area contributed by atoms with Crippen LogP contribution < -0.4 is 15.5 Å². The summed E-state index contributed by atoms with van der Waals surface area (Å²) in [5.74, 6) is -1.60. The zero-order valence-electron chi connectivity index (χ0n) is 58.5. The van der Waals surface area contributed by atoms with Crippen LogP contribution in [0.2, 0.25) is 0 Å². The van der Waals surface area contributed by atoms with E-state index in [1.165, 1.54) is 37.8 Å². The second-order valence-corrected chi connectivity index (χ2v) is 30.6. The Morgan fingerprint density at radius 3 is 1.96 bits per heavy atom. The summed E-state index contributed by atoms with van der Waals surface area (Å²) in [6, 6.07) is 10.7. The number of ketones is 1. The molecule has 0 bridgehead atoms. The van der Waals surface area contributed by atoms with Crippen LogP contribution in [0, 0.1) is 11.8 Å². The van der Waals surface area contributed by atoms with Gasteiger partial charge >= 0.3 is 12.2 Å². The number of nitrogens with zero attached hydrogens (tertiary/aromatic N) is 7. The number of ether oxygens (including phenoxy) is 3. The molecule has 4 saturated heterocycles. The average molecular weight is 1340 g/mol. The third-order valence-corrected chi connectivity index (χ3v) is 21.6. The van der Waals surface area contributed by atoms with Crippen LogP contribution in [0.25, 0.3) is 0 Å². The third-order valence-electron chi connectivity index (χ3n) is 21.6. The van der Waals surface area contributed by atoms with Gasteiger partial charge in [0.2, 0.25) is 29.5 Å². The highest BCUT2D eigenvalue weighted by Gasteiger charge is 2.70. The van der Waals surface area contributed by atoms with E-state index in [0.717, 1.165) is 113 Å². The molecule has 5 aliphatic heterocycles. The number of fused-ring (bicyclic) bond motifs is 4. The molecular weight excluding hydrogens is 1230 g/mol. The molecule has 9 amide bonds. The van der Waals surface area contributed by atoms with Crippen LogP contribution in [-0.2, 0) is 43.0 Å². The van der Waals surface area contributed by atoms with E-state index in [2.05, 4.69) is 39.8 Å². The maximum absolute atomic E-state index is 15.3. The molecule has 6 fully saturated rings. The number of unbranched alkanes of at least 4 members (excludes halogenated alkanes) is 10. The van der Waals surface area contributed by atoms with Crippen molar-refractivity contribution in [3.63, 3.8) is 0 Å². The minimum Gasteiger partial charge on any atom is -0.444 e. The van der Waals surface area contributed by atoms with Crippen molar-refractivity contribution in [2.45, 2.75) is 230 Å². The first-order valence-electron chi connectivity index (χ1n) is 36.2. The SMILES string of the molecule is CN(CCCCCCCCCCCCCNc1cccc2c1C(=O)N(C1CCC(=O)NC1=O)C2=O)C(=O)C1CN(C(=O)OC(C)(C)C)CCN1C(=O)C1CN(C(=O)OC(C)(C)C)CCN1C(=O)CCCN(C)c1ccc([C@H]2C[C@]34O[C@H]3CCC4[C@@H]3CCC4=CC(=O)CCC4=C32)cc1. The molecule has 22 heteroatoms. The van der Waals surface area contributed by atoms with Gasteiger partial charge in [-0.15, -0.1) is 0 Å². The number of epoxide rings is 1. The summed E-state index contributed by atoms with van der Waals surface area (Å²) in [6.07, 6.45) is 19.8. The molecule has 8 atom stereocenters. The smallest absolute Gasteiger partial charge is 0.410 e. The van der Waals surface area contributed by atoms with Crippen molar-refractivity contribution in [3.8, 4) is 0 Å². The molecule has 2 aromatic carbocycles. The summed E-state index contributed by atoms with van der Waals surface area (Å²) in [6.45, 7) is 12.5. The Hall–Kier alpha value is -7.62. The van der Waals surface area contributed by atoms with E-state index in [9.17, 15) is 43.2 Å². The number of piperidine rings is 1. The molecule has 11 rings (SSSR count). The number of benzene rings is 2. The molecule has 4 aliphatic carbocycles. The fourth-order valence-corrected chi connectivity index (χ4v) is 16.7. The maximum atomic E-state index is 15.3. The van der Waals surface area contributed by atoms with E-state index in [1.807, 2.05) is 13.1 Å². The first-order chi connectivity index (χ1) is 46.3. The molecule has 2 saturated carbocycles. The molecule has 9 aliphatic rings. The van der Waals surface area contributed by atoms with E-state index in [1.54, 1.807) is 82.2 Å². The summed E-state index contributed by atoms with van der Waals surface area (Å²) in [5, 5.41) is 5.57. The predicted molar refractivity (Wildman–Crippen MR) is 365 cm³/mol. The highest BCUT2D eigenvalue weighted by Crippen LogP contribution is 2.68. The predicted octanol–water partition coefficient (Wildman–Crippen LogP) is 10.1. The topological polar surface area (TPSA) is 248 Å².